The summed E-state index contributed by atoms with van der Waals surface area (Å²) in [5.41, 5.74) is 3.43. The predicted molar refractivity (Wildman–Crippen MR) is 130 cm³/mol. The van der Waals surface area contributed by atoms with Crippen molar-refractivity contribution in [3.05, 3.63) is 53.1 Å². The van der Waals surface area contributed by atoms with Crippen LogP contribution in [0.2, 0.25) is 0 Å². The summed E-state index contributed by atoms with van der Waals surface area (Å²) in [6.07, 6.45) is 4.84. The number of phenols is 2. The lowest BCUT2D eigenvalue weighted by Crippen LogP contribution is -2.26. The molecule has 2 amide bonds. The number of ketones is 1. The van der Waals surface area contributed by atoms with Crippen LogP contribution in [0.3, 0.4) is 0 Å². The van der Waals surface area contributed by atoms with E-state index < -0.39 is 5.91 Å². The van der Waals surface area contributed by atoms with Gasteiger partial charge >= 0.3 is 0 Å². The quantitative estimate of drug-likeness (QED) is 0.151. The second-order valence-corrected chi connectivity index (χ2v) is 8.72. The first kappa shape index (κ1) is 26.9. The first-order valence-corrected chi connectivity index (χ1v) is 11.6. The molecule has 2 rings (SSSR count). The van der Waals surface area contributed by atoms with Crippen LogP contribution in [0.25, 0.3) is 0 Å². The number of Topliss-reactive ketones (excluding diaryl/α,β-unsaturated/α-hetero) is 1. The Bertz CT molecular complexity index is 1000. The maximum atomic E-state index is 13.0. The molecule has 0 aliphatic rings. The number of carbonyl (C=O) groups is 3. The number of nitrogens with zero attached hydrogens (tertiary/aromatic N) is 1. The molecule has 0 spiro atoms. The highest BCUT2D eigenvalue weighted by Gasteiger charge is 2.21. The van der Waals surface area contributed by atoms with Crippen molar-refractivity contribution < 1.29 is 29.8 Å². The molecule has 184 valence electrons. The number of anilines is 1. The zero-order chi connectivity index (χ0) is 25.3. The fourth-order valence-electron chi connectivity index (χ4n) is 3.70. The van der Waals surface area contributed by atoms with Crippen molar-refractivity contribution in [2.45, 2.75) is 64.7 Å². The number of nitrogens with one attached hydrogen (secondary N) is 1. The molecule has 0 saturated carbocycles. The first-order chi connectivity index (χ1) is 16.1. The summed E-state index contributed by atoms with van der Waals surface area (Å²) in [5, 5.41) is 28.6. The molecule has 0 bridgehead atoms. The van der Waals surface area contributed by atoms with Crippen LogP contribution in [0.4, 0.5) is 5.69 Å². The zero-order valence-electron chi connectivity index (χ0n) is 20.0. The monoisotopic (exact) mass is 470 g/mol. The van der Waals surface area contributed by atoms with Gasteiger partial charge < -0.3 is 15.1 Å². The Labute approximate surface area is 200 Å². The van der Waals surface area contributed by atoms with Crippen LogP contribution in [0.5, 0.6) is 11.5 Å². The van der Waals surface area contributed by atoms with E-state index in [1.54, 1.807) is 36.8 Å². The molecule has 8 heteroatoms. The number of benzene rings is 2. The Morgan fingerprint density at radius 3 is 2.06 bits per heavy atom. The molecule has 2 aromatic carbocycles. The number of aromatic hydroxyl groups is 2. The van der Waals surface area contributed by atoms with E-state index in [-0.39, 0.29) is 34.7 Å². The van der Waals surface area contributed by atoms with Crippen molar-refractivity contribution >= 4 is 23.3 Å². The molecule has 0 aliphatic carbocycles. The van der Waals surface area contributed by atoms with Gasteiger partial charge in [0.2, 0.25) is 5.91 Å². The number of phenolic OH excluding ortho intramolecular Hbond substituents is 2. The molecule has 4 N–H and O–H groups in total. The number of amides is 2. The van der Waals surface area contributed by atoms with E-state index in [1.807, 2.05) is 13.8 Å². The maximum absolute atomic E-state index is 13.0. The van der Waals surface area contributed by atoms with Crippen molar-refractivity contribution in [3.63, 3.8) is 0 Å². The van der Waals surface area contributed by atoms with Crippen molar-refractivity contribution in [2.75, 3.05) is 11.9 Å². The normalized spacial score (nSPS) is 10.9. The van der Waals surface area contributed by atoms with E-state index in [4.69, 9.17) is 5.21 Å². The third-order valence-corrected chi connectivity index (χ3v) is 5.81. The summed E-state index contributed by atoms with van der Waals surface area (Å²) < 4.78 is 0. The van der Waals surface area contributed by atoms with Crippen molar-refractivity contribution in [2.24, 2.45) is 0 Å². The van der Waals surface area contributed by atoms with E-state index >= 15 is 0 Å². The third-order valence-electron chi connectivity index (χ3n) is 5.81. The van der Waals surface area contributed by atoms with Gasteiger partial charge in [-0.3, -0.25) is 19.6 Å². The topological polar surface area (TPSA) is 127 Å². The van der Waals surface area contributed by atoms with E-state index in [1.165, 1.54) is 17.0 Å². The van der Waals surface area contributed by atoms with Gasteiger partial charge in [0, 0.05) is 37.2 Å². The Morgan fingerprint density at radius 1 is 0.882 bits per heavy atom. The molecule has 0 saturated heterocycles. The summed E-state index contributed by atoms with van der Waals surface area (Å²) in [7, 11) is 1.59. The van der Waals surface area contributed by atoms with Gasteiger partial charge in [-0.15, -0.1) is 0 Å². The highest BCUT2D eigenvalue weighted by Crippen LogP contribution is 2.33. The molecular weight excluding hydrogens is 436 g/mol. The molecular formula is C26H34N2O6. The van der Waals surface area contributed by atoms with Gasteiger partial charge in [0.15, 0.2) is 5.78 Å². The number of hydroxylamine groups is 1. The highest BCUT2D eigenvalue weighted by molar-refractivity contribution is 6.08. The molecule has 0 atom stereocenters. The summed E-state index contributed by atoms with van der Waals surface area (Å²) in [6.45, 7) is 3.78. The molecule has 2 aromatic rings. The smallest absolute Gasteiger partial charge is 0.261 e. The largest absolute Gasteiger partial charge is 0.508 e. The van der Waals surface area contributed by atoms with Gasteiger partial charge in [0.1, 0.15) is 11.5 Å². The average Bonchev–Trinajstić information content (AvgIpc) is 2.82. The highest BCUT2D eigenvalue weighted by atomic mass is 16.5. The SMILES string of the molecule is CC(C)c1cc(C(=O)N(C)c2ccc(C(=O)CCCCCCCC(=O)NO)cc2)c(O)cc1O. The summed E-state index contributed by atoms with van der Waals surface area (Å²) in [5.74, 6) is -1.14. The fraction of sp³-hybridized carbons (Fsp3) is 0.423. The standard InChI is InChI=1S/C26H34N2O6/c1-17(2)20-15-21(24(31)16-23(20)30)26(33)28(3)19-13-11-18(12-14-19)22(29)9-7-5-4-6-8-10-25(32)27-34/h11-17,30-31,34H,4-10H2,1-3H3,(H,27,32). The summed E-state index contributed by atoms with van der Waals surface area (Å²) in [4.78, 5) is 37.7. The molecule has 0 radical (unpaired) electrons. The number of hydrogen-bond donors (Lipinski definition) is 4. The predicted octanol–water partition coefficient (Wildman–Crippen LogP) is 4.92. The lowest BCUT2D eigenvalue weighted by atomic mass is 9.98. The molecule has 0 unspecified atom stereocenters. The maximum Gasteiger partial charge on any atom is 0.261 e. The minimum Gasteiger partial charge on any atom is -0.508 e. The Kier molecular flexibility index (Phi) is 10.1. The molecule has 0 aromatic heterocycles. The minimum atomic E-state index is -0.421. The fourth-order valence-corrected chi connectivity index (χ4v) is 3.70. The zero-order valence-corrected chi connectivity index (χ0v) is 20.0. The van der Waals surface area contributed by atoms with Crippen molar-refractivity contribution in [3.8, 4) is 11.5 Å². The van der Waals surface area contributed by atoms with Gasteiger partial charge in [0.05, 0.1) is 5.56 Å². The number of carbonyl (C=O) groups excluding carboxylic acids is 3. The van der Waals surface area contributed by atoms with Crippen molar-refractivity contribution in [1.29, 1.82) is 0 Å². The van der Waals surface area contributed by atoms with E-state index in [0.717, 1.165) is 25.7 Å². The van der Waals surface area contributed by atoms with Crippen LogP contribution in [0.1, 0.15) is 91.0 Å². The Hall–Kier alpha value is -3.39. The summed E-state index contributed by atoms with van der Waals surface area (Å²) in [6, 6.07) is 9.45. The van der Waals surface area contributed by atoms with Crippen LogP contribution in [-0.4, -0.2) is 40.1 Å². The summed E-state index contributed by atoms with van der Waals surface area (Å²) >= 11 is 0. The third kappa shape index (κ3) is 7.31. The number of unbranched alkanes of at least 4 members (excludes halogenated alkanes) is 4. The Balaban J connectivity index is 1.91. The average molecular weight is 471 g/mol. The molecule has 34 heavy (non-hydrogen) atoms. The number of hydrogen-bond acceptors (Lipinski definition) is 6. The van der Waals surface area contributed by atoms with E-state index in [2.05, 4.69) is 0 Å². The van der Waals surface area contributed by atoms with Gasteiger partial charge in [-0.2, -0.15) is 0 Å². The molecule has 0 fully saturated rings. The first-order valence-electron chi connectivity index (χ1n) is 11.6. The Morgan fingerprint density at radius 2 is 1.47 bits per heavy atom. The molecule has 8 nitrogen and oxygen atoms in total. The van der Waals surface area contributed by atoms with Crippen LogP contribution < -0.4 is 10.4 Å². The van der Waals surface area contributed by atoms with Gasteiger partial charge in [0.25, 0.3) is 5.91 Å². The van der Waals surface area contributed by atoms with Crippen LogP contribution in [0.15, 0.2) is 36.4 Å². The van der Waals surface area contributed by atoms with Crippen molar-refractivity contribution in [1.82, 2.24) is 5.48 Å². The lowest BCUT2D eigenvalue weighted by molar-refractivity contribution is -0.129. The molecule has 0 aliphatic heterocycles. The van der Waals surface area contributed by atoms with E-state index in [9.17, 15) is 24.6 Å². The molecule has 0 heterocycles. The van der Waals surface area contributed by atoms with Gasteiger partial charge in [-0.25, -0.2) is 5.48 Å². The second kappa shape index (κ2) is 12.7. The van der Waals surface area contributed by atoms with Gasteiger partial charge in [-0.05, 0) is 54.7 Å². The van der Waals surface area contributed by atoms with Gasteiger partial charge in [-0.1, -0.05) is 33.1 Å². The van der Waals surface area contributed by atoms with Crippen LogP contribution in [-0.2, 0) is 4.79 Å². The number of rotatable bonds is 12. The second-order valence-electron chi connectivity index (χ2n) is 8.72. The van der Waals surface area contributed by atoms with Crippen LogP contribution in [0, 0.1) is 0 Å². The minimum absolute atomic E-state index is 0.0180. The van der Waals surface area contributed by atoms with E-state index in [0.29, 0.717) is 36.1 Å². The lowest BCUT2D eigenvalue weighted by Gasteiger charge is -2.20. The van der Waals surface area contributed by atoms with Crippen LogP contribution >= 0.6 is 0 Å².